The Morgan fingerprint density at radius 2 is 1.46 bits per heavy atom. The zero-order valence-corrected chi connectivity index (χ0v) is 24.7. The van der Waals surface area contributed by atoms with Crippen LogP contribution in [0.4, 0.5) is 27.6 Å². The van der Waals surface area contributed by atoms with Crippen molar-refractivity contribution in [2.45, 2.75) is 41.3 Å². The number of fused-ring (bicyclic) bond motifs is 4. The second-order valence-corrected chi connectivity index (χ2v) is 12.9. The molecule has 2 aliphatic carbocycles. The Bertz CT molecular complexity index is 1760. The number of rotatable bonds is 6. The van der Waals surface area contributed by atoms with E-state index >= 15 is 8.78 Å². The summed E-state index contributed by atoms with van der Waals surface area (Å²) in [6.07, 6.45) is 0.469. The van der Waals surface area contributed by atoms with Crippen molar-refractivity contribution < 1.29 is 56.1 Å². The molecule has 2 saturated heterocycles. The van der Waals surface area contributed by atoms with Crippen molar-refractivity contribution in [2.75, 3.05) is 11.4 Å². The number of hydrogen-bond donors (Lipinski definition) is 2. The summed E-state index contributed by atoms with van der Waals surface area (Å²) in [5, 5.41) is 18.9. The number of nitrogens with zero attached hydrogens (tertiary/aromatic N) is 2. The highest BCUT2D eigenvalue weighted by Crippen LogP contribution is 2.66. The minimum Gasteiger partial charge on any atom is -0.508 e. The lowest BCUT2D eigenvalue weighted by Gasteiger charge is -2.50. The molecule has 16 heteroatoms. The number of carbonyl (C=O) groups excluding carboxylic acids is 4. The van der Waals surface area contributed by atoms with E-state index in [1.165, 1.54) is 30.3 Å². The summed E-state index contributed by atoms with van der Waals surface area (Å²) in [7, 11) is 0. The van der Waals surface area contributed by atoms with Crippen LogP contribution in [-0.2, 0) is 24.0 Å². The number of hydrogen-bond acceptors (Lipinski definition) is 6. The van der Waals surface area contributed by atoms with Crippen molar-refractivity contribution in [2.24, 2.45) is 17.8 Å². The number of aliphatic carboxylic acids is 1. The number of amides is 4. The van der Waals surface area contributed by atoms with Gasteiger partial charge in [0.1, 0.15) is 11.4 Å². The molecular formula is C30H21Cl2F5N2O7. The SMILES string of the molecule is O=C(O)CCCN1C(=O)[C@H]2[C@H](CC=C3[C@H]2C[C@@]2(Cl)C(=O)N(c4c(F)c(F)c(F)c(F)c4F)C(=O)[C@@]2(Cl)[C@H]3c2ccc(O)cc2)C1=O. The summed E-state index contributed by atoms with van der Waals surface area (Å²) in [5.41, 5.74) is -1.48. The molecule has 6 atom stereocenters. The summed E-state index contributed by atoms with van der Waals surface area (Å²) >= 11 is 14.0. The number of carboxylic acid groups (broad SMARTS) is 1. The zero-order valence-electron chi connectivity index (χ0n) is 23.2. The van der Waals surface area contributed by atoms with Gasteiger partial charge in [-0.15, -0.1) is 23.2 Å². The van der Waals surface area contributed by atoms with E-state index in [9.17, 15) is 42.3 Å². The van der Waals surface area contributed by atoms with E-state index in [0.717, 1.165) is 4.90 Å². The molecule has 2 aromatic rings. The van der Waals surface area contributed by atoms with E-state index in [1.54, 1.807) is 0 Å². The average molecular weight is 687 g/mol. The Balaban J connectivity index is 1.52. The van der Waals surface area contributed by atoms with Crippen LogP contribution in [0.1, 0.15) is 37.2 Å². The van der Waals surface area contributed by atoms with Gasteiger partial charge >= 0.3 is 5.97 Å². The predicted molar refractivity (Wildman–Crippen MR) is 148 cm³/mol. The molecule has 4 amide bonds. The van der Waals surface area contributed by atoms with E-state index in [0.29, 0.717) is 0 Å². The molecule has 242 valence electrons. The van der Waals surface area contributed by atoms with Gasteiger partial charge in [-0.25, -0.2) is 26.9 Å². The fourth-order valence-electron chi connectivity index (χ4n) is 7.28. The summed E-state index contributed by atoms with van der Waals surface area (Å²) < 4.78 is 72.5. The number of likely N-dealkylation sites (tertiary alicyclic amines) is 1. The maximum atomic E-state index is 15.0. The number of carbonyl (C=O) groups is 5. The van der Waals surface area contributed by atoms with Gasteiger partial charge in [-0.1, -0.05) is 23.8 Å². The molecular weight excluding hydrogens is 666 g/mol. The summed E-state index contributed by atoms with van der Waals surface area (Å²) in [6, 6.07) is 5.04. The number of allylic oxidation sites excluding steroid dienone is 2. The molecule has 2 N–H and O–H groups in total. The van der Waals surface area contributed by atoms with Crippen LogP contribution in [0.5, 0.6) is 5.75 Å². The van der Waals surface area contributed by atoms with Crippen molar-refractivity contribution in [1.29, 1.82) is 0 Å². The number of aromatic hydroxyl groups is 1. The van der Waals surface area contributed by atoms with Crippen LogP contribution in [0.2, 0.25) is 0 Å². The van der Waals surface area contributed by atoms with Crippen molar-refractivity contribution in [3.8, 4) is 5.75 Å². The fourth-order valence-corrected chi connectivity index (χ4v) is 8.22. The molecule has 6 rings (SSSR count). The van der Waals surface area contributed by atoms with E-state index in [-0.39, 0.29) is 47.6 Å². The van der Waals surface area contributed by atoms with E-state index in [4.69, 9.17) is 28.3 Å². The molecule has 0 spiro atoms. The smallest absolute Gasteiger partial charge is 0.303 e. The number of benzene rings is 2. The normalized spacial score (nSPS) is 30.4. The standard InChI is InChI=1S/C30H21Cl2F5N2O7/c31-29-10-15-13(7-8-14-17(15)26(44)38(25(14)43)9-1-2-16(41)42)18(11-3-5-12(40)6-4-11)30(29,32)28(46)39(27(29)45)24-22(36)20(34)19(33)21(35)23(24)37/h3-7,14-15,17-18,40H,1-2,8-10H2,(H,41,42)/t14-,15+,17-,18-,29+,30-/m0/s1. The second-order valence-electron chi connectivity index (χ2n) is 11.6. The molecule has 2 heterocycles. The fraction of sp³-hybridized carbons (Fsp3) is 0.367. The maximum Gasteiger partial charge on any atom is 0.303 e. The number of carboxylic acids is 1. The third-order valence-electron chi connectivity index (χ3n) is 9.31. The first-order valence-corrected chi connectivity index (χ1v) is 14.7. The zero-order chi connectivity index (χ0) is 33.6. The molecule has 0 aromatic heterocycles. The van der Waals surface area contributed by atoms with Gasteiger partial charge in [0, 0.05) is 18.9 Å². The molecule has 9 nitrogen and oxygen atoms in total. The quantitative estimate of drug-likeness (QED) is 0.114. The number of alkyl halides is 2. The molecule has 2 aromatic carbocycles. The van der Waals surface area contributed by atoms with Gasteiger partial charge in [-0.05, 0) is 42.9 Å². The Morgan fingerprint density at radius 1 is 0.870 bits per heavy atom. The van der Waals surface area contributed by atoms with E-state index in [1.807, 2.05) is 0 Å². The largest absolute Gasteiger partial charge is 0.508 e. The van der Waals surface area contributed by atoms with Gasteiger partial charge in [-0.2, -0.15) is 0 Å². The highest BCUT2D eigenvalue weighted by Gasteiger charge is 2.77. The number of imide groups is 2. The molecule has 0 unspecified atom stereocenters. The van der Waals surface area contributed by atoms with Crippen molar-refractivity contribution in [3.05, 3.63) is 70.6 Å². The molecule has 4 aliphatic rings. The summed E-state index contributed by atoms with van der Waals surface area (Å²) in [6.45, 7) is -0.211. The Morgan fingerprint density at radius 3 is 2.04 bits per heavy atom. The number of phenols is 1. The molecule has 0 radical (unpaired) electrons. The number of halogens is 7. The van der Waals surface area contributed by atoms with Gasteiger partial charge in [0.05, 0.1) is 11.8 Å². The Labute approximate surface area is 266 Å². The minimum absolute atomic E-state index is 0.0402. The lowest BCUT2D eigenvalue weighted by Crippen LogP contribution is -2.60. The van der Waals surface area contributed by atoms with Gasteiger partial charge < -0.3 is 10.2 Å². The first-order chi connectivity index (χ1) is 21.6. The molecule has 0 bridgehead atoms. The van der Waals surface area contributed by atoms with Crippen LogP contribution in [-0.4, -0.2) is 61.0 Å². The Hall–Kier alpha value is -4.04. The monoisotopic (exact) mass is 686 g/mol. The van der Waals surface area contributed by atoms with E-state index < -0.39 is 104 Å². The molecule has 2 aliphatic heterocycles. The highest BCUT2D eigenvalue weighted by molar-refractivity contribution is 6.58. The van der Waals surface area contributed by atoms with Gasteiger partial charge in [0.2, 0.25) is 17.6 Å². The van der Waals surface area contributed by atoms with Crippen molar-refractivity contribution >= 4 is 58.5 Å². The van der Waals surface area contributed by atoms with Gasteiger partial charge in [0.15, 0.2) is 33.0 Å². The van der Waals surface area contributed by atoms with E-state index in [2.05, 4.69) is 0 Å². The molecule has 46 heavy (non-hydrogen) atoms. The number of anilines is 1. The van der Waals surface area contributed by atoms with Crippen LogP contribution in [0, 0.1) is 46.8 Å². The van der Waals surface area contributed by atoms with Crippen LogP contribution >= 0.6 is 23.2 Å². The first kappa shape index (κ1) is 31.9. The van der Waals surface area contributed by atoms with Gasteiger partial charge in [-0.3, -0.25) is 28.9 Å². The van der Waals surface area contributed by atoms with Crippen LogP contribution < -0.4 is 4.90 Å². The third-order valence-corrected chi connectivity index (χ3v) is 10.7. The lowest BCUT2D eigenvalue weighted by atomic mass is 9.56. The molecule has 3 fully saturated rings. The van der Waals surface area contributed by atoms with Crippen LogP contribution in [0.25, 0.3) is 0 Å². The van der Waals surface area contributed by atoms with Crippen molar-refractivity contribution in [1.82, 2.24) is 4.90 Å². The minimum atomic E-state index is -2.66. The second kappa shape index (κ2) is 10.8. The molecule has 1 saturated carbocycles. The highest BCUT2D eigenvalue weighted by atomic mass is 35.5. The lowest BCUT2D eigenvalue weighted by molar-refractivity contribution is -0.142. The topological polar surface area (TPSA) is 132 Å². The average Bonchev–Trinajstić information content (AvgIpc) is 3.34. The first-order valence-electron chi connectivity index (χ1n) is 13.9. The van der Waals surface area contributed by atoms with Crippen LogP contribution in [0.15, 0.2) is 35.9 Å². The van der Waals surface area contributed by atoms with Crippen molar-refractivity contribution in [3.63, 3.8) is 0 Å². The predicted octanol–water partition coefficient (Wildman–Crippen LogP) is 4.52. The van der Waals surface area contributed by atoms with Gasteiger partial charge in [0.25, 0.3) is 11.8 Å². The Kier molecular flexibility index (Phi) is 7.47. The maximum absolute atomic E-state index is 15.0. The third kappa shape index (κ3) is 4.15. The number of phenolic OH excluding ortho intramolecular Hbond substituents is 1. The summed E-state index contributed by atoms with van der Waals surface area (Å²) in [5.74, 6) is -22.9. The van der Waals surface area contributed by atoms with Crippen LogP contribution in [0.3, 0.4) is 0 Å². The summed E-state index contributed by atoms with van der Waals surface area (Å²) in [4.78, 5) is 61.6.